The number of carbonyl (C=O) groups excluding carboxylic acids is 2. The van der Waals surface area contributed by atoms with Gasteiger partial charge in [-0.25, -0.2) is 0 Å². The van der Waals surface area contributed by atoms with E-state index in [1.54, 1.807) is 0 Å². The molecule has 0 saturated heterocycles. The average molecular weight is 733 g/mol. The number of benzene rings is 2. The second-order valence-corrected chi connectivity index (χ2v) is 34.4. The quantitative estimate of drug-likeness (QED) is 0.124. The van der Waals surface area contributed by atoms with E-state index in [1.807, 2.05) is 34.1 Å². The SMILES string of the molecule is C[Si](C)(C)OCCN(CCO[Si](C)(C)C)C(=O)Cc1ccc(-c2ccc(CC(=O)N(CCO[Si](C)(C)C)CCO[Si](C)(C)C)cc2)cc1. The second kappa shape index (κ2) is 18.9. The van der Waals surface area contributed by atoms with Crippen LogP contribution in [0.3, 0.4) is 0 Å². The van der Waals surface area contributed by atoms with Gasteiger partial charge in [-0.2, -0.15) is 0 Å². The summed E-state index contributed by atoms with van der Waals surface area (Å²) in [5, 5.41) is 0. The zero-order chi connectivity index (χ0) is 36.2. The van der Waals surface area contributed by atoms with Crippen molar-refractivity contribution in [1.29, 1.82) is 0 Å². The van der Waals surface area contributed by atoms with Crippen LogP contribution in [-0.4, -0.2) is 107 Å². The molecule has 2 amide bonds. The molecule has 0 saturated carbocycles. The lowest BCUT2D eigenvalue weighted by molar-refractivity contribution is -0.132. The van der Waals surface area contributed by atoms with Crippen molar-refractivity contribution in [3.8, 4) is 11.1 Å². The van der Waals surface area contributed by atoms with Crippen molar-refractivity contribution in [3.05, 3.63) is 59.7 Å². The zero-order valence-electron chi connectivity index (χ0n) is 32.0. The molecule has 2 rings (SSSR count). The van der Waals surface area contributed by atoms with Crippen molar-refractivity contribution < 1.29 is 27.3 Å². The summed E-state index contributed by atoms with van der Waals surface area (Å²) in [6, 6.07) is 16.4. The Labute approximate surface area is 296 Å². The third-order valence-corrected chi connectivity index (χ3v) is 11.5. The van der Waals surface area contributed by atoms with E-state index in [-0.39, 0.29) is 11.8 Å². The highest BCUT2D eigenvalue weighted by Gasteiger charge is 2.22. The molecule has 8 nitrogen and oxygen atoms in total. The molecule has 0 unspecified atom stereocenters. The maximum atomic E-state index is 13.4. The fourth-order valence-electron chi connectivity index (χ4n) is 4.77. The van der Waals surface area contributed by atoms with Crippen LogP contribution in [0, 0.1) is 0 Å². The van der Waals surface area contributed by atoms with Gasteiger partial charge in [-0.15, -0.1) is 0 Å². The van der Waals surface area contributed by atoms with E-state index in [0.717, 1.165) is 22.3 Å². The third kappa shape index (κ3) is 18.7. The molecule has 48 heavy (non-hydrogen) atoms. The van der Waals surface area contributed by atoms with Gasteiger partial charge in [-0.1, -0.05) is 48.5 Å². The summed E-state index contributed by atoms with van der Waals surface area (Å²) in [6.07, 6.45) is 0.674. The molecule has 0 spiro atoms. The van der Waals surface area contributed by atoms with Crippen molar-refractivity contribution in [2.75, 3.05) is 52.6 Å². The highest BCUT2D eigenvalue weighted by Crippen LogP contribution is 2.21. The molecule has 0 atom stereocenters. The van der Waals surface area contributed by atoms with Crippen LogP contribution in [0.5, 0.6) is 0 Å². The first-order valence-corrected chi connectivity index (χ1v) is 31.0. The Bertz CT molecular complexity index is 1120. The van der Waals surface area contributed by atoms with E-state index in [9.17, 15) is 9.59 Å². The van der Waals surface area contributed by atoms with Crippen molar-refractivity contribution in [2.45, 2.75) is 91.4 Å². The van der Waals surface area contributed by atoms with Crippen molar-refractivity contribution >= 4 is 45.1 Å². The summed E-state index contributed by atoms with van der Waals surface area (Å²) in [5.41, 5.74) is 4.09. The van der Waals surface area contributed by atoms with E-state index in [2.05, 4.69) is 103 Å². The molecular formula is C36H64N2O6Si4. The molecule has 0 heterocycles. The molecule has 0 fully saturated rings. The summed E-state index contributed by atoms with van der Waals surface area (Å²) in [6.45, 7) is 30.4. The largest absolute Gasteiger partial charge is 0.416 e. The molecule has 12 heteroatoms. The lowest BCUT2D eigenvalue weighted by atomic mass is 10.0. The van der Waals surface area contributed by atoms with Crippen LogP contribution in [0.25, 0.3) is 11.1 Å². The summed E-state index contributed by atoms with van der Waals surface area (Å²) in [4.78, 5) is 30.5. The van der Waals surface area contributed by atoms with E-state index >= 15 is 0 Å². The minimum Gasteiger partial charge on any atom is -0.416 e. The minimum atomic E-state index is -1.66. The van der Waals surface area contributed by atoms with Crippen LogP contribution in [0.4, 0.5) is 0 Å². The molecule has 0 aromatic heterocycles. The monoisotopic (exact) mass is 732 g/mol. The van der Waals surface area contributed by atoms with Gasteiger partial charge >= 0.3 is 0 Å². The minimum absolute atomic E-state index is 0.0863. The first kappa shape index (κ1) is 42.3. The second-order valence-electron chi connectivity index (χ2n) is 16.4. The predicted octanol–water partition coefficient (Wildman–Crippen LogP) is 7.50. The number of hydrogen-bond donors (Lipinski definition) is 0. The molecule has 0 aliphatic heterocycles. The van der Waals surface area contributed by atoms with Gasteiger partial charge in [0.05, 0.1) is 39.3 Å². The number of amides is 2. The smallest absolute Gasteiger partial charge is 0.227 e. The predicted molar refractivity (Wildman–Crippen MR) is 210 cm³/mol. The fourth-order valence-corrected chi connectivity index (χ4v) is 7.59. The molecule has 0 N–H and O–H groups in total. The maximum absolute atomic E-state index is 13.4. The summed E-state index contributed by atoms with van der Waals surface area (Å²) < 4.78 is 24.2. The van der Waals surface area contributed by atoms with Crippen LogP contribution < -0.4 is 0 Å². The van der Waals surface area contributed by atoms with Crippen LogP contribution in [0.1, 0.15) is 11.1 Å². The topological polar surface area (TPSA) is 77.5 Å². The van der Waals surface area contributed by atoms with Crippen molar-refractivity contribution in [3.63, 3.8) is 0 Å². The Morgan fingerprint density at radius 2 is 0.667 bits per heavy atom. The Morgan fingerprint density at radius 1 is 0.438 bits per heavy atom. The van der Waals surface area contributed by atoms with Gasteiger partial charge in [0.2, 0.25) is 11.8 Å². The standard InChI is InChI=1S/C36H64N2O6Si4/c1-45(2,3)41-25-21-37(22-26-42-46(4,5)6)35(39)29-31-13-17-33(18-14-31)34-19-15-32(16-20-34)30-36(40)38(23-27-43-47(7,8)9)24-28-44-48(10,11)12/h13-20H,21-30H2,1-12H3. The van der Waals surface area contributed by atoms with Crippen molar-refractivity contribution in [2.24, 2.45) is 0 Å². The highest BCUT2D eigenvalue weighted by molar-refractivity contribution is 6.70. The zero-order valence-corrected chi connectivity index (χ0v) is 36.0. The molecule has 0 bridgehead atoms. The summed E-state index contributed by atoms with van der Waals surface area (Å²) in [7, 11) is -6.64. The van der Waals surface area contributed by atoms with Gasteiger partial charge in [-0.3, -0.25) is 9.59 Å². The Morgan fingerprint density at radius 3 is 0.875 bits per heavy atom. The maximum Gasteiger partial charge on any atom is 0.227 e. The molecule has 2 aromatic rings. The molecule has 2 aromatic carbocycles. The van der Waals surface area contributed by atoms with Crippen LogP contribution in [-0.2, 0) is 40.1 Å². The fraction of sp³-hybridized carbons (Fsp3) is 0.611. The Hall–Kier alpha value is -1.91. The summed E-state index contributed by atoms with van der Waals surface area (Å²) >= 11 is 0. The van der Waals surface area contributed by atoms with Crippen LogP contribution in [0.2, 0.25) is 78.6 Å². The average Bonchev–Trinajstić information content (AvgIpc) is 2.94. The lowest BCUT2D eigenvalue weighted by Gasteiger charge is -2.27. The molecule has 0 aliphatic carbocycles. The van der Waals surface area contributed by atoms with E-state index in [4.69, 9.17) is 17.7 Å². The highest BCUT2D eigenvalue weighted by atomic mass is 28.4. The molecule has 0 radical (unpaired) electrons. The van der Waals surface area contributed by atoms with Gasteiger partial charge in [0.15, 0.2) is 33.3 Å². The Kier molecular flexibility index (Phi) is 16.6. The van der Waals surface area contributed by atoms with E-state index in [1.165, 1.54) is 0 Å². The van der Waals surface area contributed by atoms with Gasteiger partial charge < -0.3 is 27.5 Å². The van der Waals surface area contributed by atoms with Crippen LogP contribution in [0.15, 0.2) is 48.5 Å². The van der Waals surface area contributed by atoms with Gasteiger partial charge in [-0.05, 0) is 101 Å². The van der Waals surface area contributed by atoms with Crippen molar-refractivity contribution in [1.82, 2.24) is 9.80 Å². The van der Waals surface area contributed by atoms with E-state index in [0.29, 0.717) is 65.4 Å². The van der Waals surface area contributed by atoms with Gasteiger partial charge in [0, 0.05) is 26.2 Å². The van der Waals surface area contributed by atoms with Gasteiger partial charge in [0.25, 0.3) is 0 Å². The van der Waals surface area contributed by atoms with Gasteiger partial charge in [0.1, 0.15) is 0 Å². The summed E-state index contributed by atoms with van der Waals surface area (Å²) in [5.74, 6) is 0.173. The lowest BCUT2D eigenvalue weighted by Crippen LogP contribution is -2.41. The van der Waals surface area contributed by atoms with E-state index < -0.39 is 33.3 Å². The third-order valence-electron chi connectivity index (χ3n) is 7.24. The first-order valence-electron chi connectivity index (χ1n) is 17.4. The number of carbonyl (C=O) groups is 2. The Balaban J connectivity index is 2.02. The number of nitrogens with zero attached hydrogens (tertiary/aromatic N) is 2. The van der Waals surface area contributed by atoms with Crippen LogP contribution >= 0.6 is 0 Å². The molecule has 0 aliphatic rings. The number of hydrogen-bond acceptors (Lipinski definition) is 6. The molecule has 270 valence electrons. The molecular weight excluding hydrogens is 669 g/mol. The number of rotatable bonds is 21. The first-order chi connectivity index (χ1) is 22.1. The normalized spacial score (nSPS) is 12.7.